The lowest BCUT2D eigenvalue weighted by Crippen LogP contribution is -2.45. The van der Waals surface area contributed by atoms with E-state index < -0.39 is 17.5 Å². The standard InChI is InChI=1S/C18H20F3N3O3/c1-10-9-26-13-7-11(14-22-15(27-23-14)18(19,20)21)5-6-12(13)8-24(10)16(25)17(2,3)4/h5-7,10H,8-9H2,1-4H3/t10-/m0/s1. The molecule has 1 amide bonds. The molecule has 146 valence electrons. The normalized spacial score (nSPS) is 17.9. The summed E-state index contributed by atoms with van der Waals surface area (Å²) in [6.45, 7) is 8.08. The molecule has 1 aliphatic rings. The van der Waals surface area contributed by atoms with Gasteiger partial charge in [0.2, 0.25) is 11.7 Å². The number of aromatic nitrogens is 2. The van der Waals surface area contributed by atoms with E-state index in [1.54, 1.807) is 23.1 Å². The lowest BCUT2D eigenvalue weighted by atomic mass is 9.93. The number of carbonyl (C=O) groups is 1. The van der Waals surface area contributed by atoms with Crippen LogP contribution in [0.1, 0.15) is 39.1 Å². The fourth-order valence-corrected chi connectivity index (χ4v) is 2.76. The number of ether oxygens (including phenoxy) is 1. The van der Waals surface area contributed by atoms with E-state index in [1.165, 1.54) is 0 Å². The van der Waals surface area contributed by atoms with Crippen molar-refractivity contribution in [3.8, 4) is 17.1 Å². The van der Waals surface area contributed by atoms with Crippen LogP contribution in [-0.4, -0.2) is 33.6 Å². The molecule has 1 aromatic carbocycles. The van der Waals surface area contributed by atoms with Crippen LogP contribution < -0.4 is 4.74 Å². The van der Waals surface area contributed by atoms with Crippen molar-refractivity contribution < 1.29 is 27.2 Å². The second kappa shape index (κ2) is 6.54. The Morgan fingerprint density at radius 1 is 1.26 bits per heavy atom. The van der Waals surface area contributed by atoms with E-state index >= 15 is 0 Å². The predicted octanol–water partition coefficient (Wildman–Crippen LogP) is 3.91. The van der Waals surface area contributed by atoms with Gasteiger partial charge in [-0.2, -0.15) is 18.2 Å². The molecule has 1 atom stereocenters. The highest BCUT2D eigenvalue weighted by molar-refractivity contribution is 5.82. The largest absolute Gasteiger partial charge is 0.491 e. The van der Waals surface area contributed by atoms with E-state index in [9.17, 15) is 18.0 Å². The van der Waals surface area contributed by atoms with Gasteiger partial charge in [0.25, 0.3) is 0 Å². The molecule has 0 fully saturated rings. The molecular formula is C18H20F3N3O3. The van der Waals surface area contributed by atoms with Gasteiger partial charge in [0.15, 0.2) is 0 Å². The van der Waals surface area contributed by atoms with Gasteiger partial charge in [0, 0.05) is 23.1 Å². The quantitative estimate of drug-likeness (QED) is 0.747. The molecule has 2 aromatic rings. The van der Waals surface area contributed by atoms with Crippen molar-refractivity contribution in [3.05, 3.63) is 29.7 Å². The minimum atomic E-state index is -4.70. The third kappa shape index (κ3) is 3.91. The van der Waals surface area contributed by atoms with E-state index in [4.69, 9.17) is 4.74 Å². The second-order valence-electron chi connectivity index (χ2n) is 7.59. The van der Waals surface area contributed by atoms with Crippen molar-refractivity contribution in [1.82, 2.24) is 15.0 Å². The summed E-state index contributed by atoms with van der Waals surface area (Å²) >= 11 is 0. The molecule has 0 unspecified atom stereocenters. The van der Waals surface area contributed by atoms with Crippen molar-refractivity contribution in [2.75, 3.05) is 6.61 Å². The Balaban J connectivity index is 1.90. The average Bonchev–Trinajstić information content (AvgIpc) is 3.01. The van der Waals surface area contributed by atoms with Gasteiger partial charge in [-0.1, -0.05) is 38.1 Å². The monoisotopic (exact) mass is 383 g/mol. The van der Waals surface area contributed by atoms with Crippen molar-refractivity contribution >= 4 is 5.91 Å². The van der Waals surface area contributed by atoms with Gasteiger partial charge in [-0.05, 0) is 13.0 Å². The minimum absolute atomic E-state index is 0.00325. The smallest absolute Gasteiger partial charge is 0.471 e. The van der Waals surface area contributed by atoms with Crippen LogP contribution in [0.15, 0.2) is 22.7 Å². The average molecular weight is 383 g/mol. The zero-order valence-corrected chi connectivity index (χ0v) is 15.4. The number of nitrogens with zero attached hydrogens (tertiary/aromatic N) is 3. The van der Waals surface area contributed by atoms with E-state index in [1.807, 2.05) is 27.7 Å². The van der Waals surface area contributed by atoms with E-state index in [0.717, 1.165) is 5.56 Å². The number of hydrogen-bond acceptors (Lipinski definition) is 5. The first kappa shape index (κ1) is 19.2. The Morgan fingerprint density at radius 2 is 1.96 bits per heavy atom. The molecule has 0 radical (unpaired) electrons. The fourth-order valence-electron chi connectivity index (χ4n) is 2.76. The molecule has 0 saturated heterocycles. The Bertz CT molecular complexity index is 856. The molecule has 0 spiro atoms. The highest BCUT2D eigenvalue weighted by Crippen LogP contribution is 2.33. The van der Waals surface area contributed by atoms with Crippen LogP contribution in [0, 0.1) is 5.41 Å². The van der Waals surface area contributed by atoms with Crippen molar-refractivity contribution in [1.29, 1.82) is 0 Å². The first-order valence-electron chi connectivity index (χ1n) is 8.45. The number of benzene rings is 1. The van der Waals surface area contributed by atoms with Gasteiger partial charge >= 0.3 is 12.1 Å². The predicted molar refractivity (Wildman–Crippen MR) is 89.7 cm³/mol. The Labute approximate surface area is 154 Å². The summed E-state index contributed by atoms with van der Waals surface area (Å²) in [5, 5.41) is 3.39. The van der Waals surface area contributed by atoms with Crippen LogP contribution >= 0.6 is 0 Å². The van der Waals surface area contributed by atoms with Crippen LogP contribution in [0.25, 0.3) is 11.4 Å². The minimum Gasteiger partial charge on any atom is -0.491 e. The van der Waals surface area contributed by atoms with Crippen molar-refractivity contribution in [3.63, 3.8) is 0 Å². The lowest BCUT2D eigenvalue weighted by Gasteiger charge is -2.32. The molecule has 6 nitrogen and oxygen atoms in total. The van der Waals surface area contributed by atoms with Gasteiger partial charge in [-0.3, -0.25) is 4.79 Å². The SMILES string of the molecule is C[C@H]1COc2cc(-c3noc(C(F)(F)F)n3)ccc2CN1C(=O)C(C)(C)C. The first-order chi connectivity index (χ1) is 12.5. The summed E-state index contributed by atoms with van der Waals surface area (Å²) in [4.78, 5) is 17.9. The second-order valence-corrected chi connectivity index (χ2v) is 7.59. The molecule has 3 rings (SSSR count). The Morgan fingerprint density at radius 3 is 2.56 bits per heavy atom. The summed E-state index contributed by atoms with van der Waals surface area (Å²) < 4.78 is 48.0. The maximum atomic E-state index is 12.7. The van der Waals surface area contributed by atoms with Crippen LogP contribution in [0.2, 0.25) is 0 Å². The highest BCUT2D eigenvalue weighted by atomic mass is 19.4. The van der Waals surface area contributed by atoms with Crippen LogP contribution in [0.4, 0.5) is 13.2 Å². The molecule has 0 N–H and O–H groups in total. The van der Waals surface area contributed by atoms with Gasteiger partial charge in [0.05, 0.1) is 6.04 Å². The lowest BCUT2D eigenvalue weighted by molar-refractivity contribution is -0.159. The fraction of sp³-hybridized carbons (Fsp3) is 0.500. The van der Waals surface area contributed by atoms with Crippen molar-refractivity contribution in [2.24, 2.45) is 5.41 Å². The van der Waals surface area contributed by atoms with Crippen molar-refractivity contribution in [2.45, 2.75) is 46.5 Å². The zero-order chi connectivity index (χ0) is 20.0. The number of amides is 1. The van der Waals surface area contributed by atoms with Gasteiger partial charge in [-0.15, -0.1) is 0 Å². The molecule has 0 saturated carbocycles. The summed E-state index contributed by atoms with van der Waals surface area (Å²) in [6.07, 6.45) is -4.70. The third-order valence-corrected chi connectivity index (χ3v) is 4.25. The van der Waals surface area contributed by atoms with Gasteiger partial charge in [-0.25, -0.2) is 0 Å². The topological polar surface area (TPSA) is 68.5 Å². The highest BCUT2D eigenvalue weighted by Gasteiger charge is 2.38. The molecule has 0 aliphatic carbocycles. The molecular weight excluding hydrogens is 363 g/mol. The zero-order valence-electron chi connectivity index (χ0n) is 15.4. The Hall–Kier alpha value is -2.58. The summed E-state index contributed by atoms with van der Waals surface area (Å²) in [6, 6.07) is 4.71. The molecule has 27 heavy (non-hydrogen) atoms. The van der Waals surface area contributed by atoms with Crippen LogP contribution in [0.5, 0.6) is 5.75 Å². The number of halogens is 3. The molecule has 2 heterocycles. The van der Waals surface area contributed by atoms with Crippen LogP contribution in [-0.2, 0) is 17.5 Å². The number of fused-ring (bicyclic) bond motifs is 1. The summed E-state index contributed by atoms with van der Waals surface area (Å²) in [5.74, 6) is -1.08. The maximum absolute atomic E-state index is 12.7. The summed E-state index contributed by atoms with van der Waals surface area (Å²) in [5.41, 5.74) is 0.577. The molecule has 9 heteroatoms. The number of hydrogen-bond donors (Lipinski definition) is 0. The Kier molecular flexibility index (Phi) is 4.65. The van der Waals surface area contributed by atoms with E-state index in [0.29, 0.717) is 17.9 Å². The molecule has 1 aliphatic heterocycles. The molecule has 1 aromatic heterocycles. The van der Waals surface area contributed by atoms with Gasteiger partial charge in [0.1, 0.15) is 12.4 Å². The number of carbonyl (C=O) groups excluding carboxylic acids is 1. The number of rotatable bonds is 1. The maximum Gasteiger partial charge on any atom is 0.471 e. The van der Waals surface area contributed by atoms with E-state index in [2.05, 4.69) is 14.7 Å². The van der Waals surface area contributed by atoms with Gasteiger partial charge < -0.3 is 14.2 Å². The van der Waals surface area contributed by atoms with Crippen LogP contribution in [0.3, 0.4) is 0 Å². The third-order valence-electron chi connectivity index (χ3n) is 4.25. The number of alkyl halides is 3. The van der Waals surface area contributed by atoms with E-state index in [-0.39, 0.29) is 24.4 Å². The first-order valence-corrected chi connectivity index (χ1v) is 8.45. The molecule has 0 bridgehead atoms. The summed E-state index contributed by atoms with van der Waals surface area (Å²) in [7, 11) is 0.